The topological polar surface area (TPSA) is 69.7 Å². The van der Waals surface area contributed by atoms with Gasteiger partial charge in [-0.25, -0.2) is 4.79 Å². The van der Waals surface area contributed by atoms with E-state index < -0.39 is 0 Å². The van der Waals surface area contributed by atoms with Crippen LogP contribution in [0, 0.1) is 0 Å². The van der Waals surface area contributed by atoms with Crippen molar-refractivity contribution >= 4 is 17.8 Å². The fraction of sp³-hybridized carbons (Fsp3) is 0.250. The van der Waals surface area contributed by atoms with Crippen LogP contribution in [-0.2, 0) is 6.54 Å². The van der Waals surface area contributed by atoms with Crippen molar-refractivity contribution in [2.45, 2.75) is 13.0 Å². The zero-order valence-corrected chi connectivity index (χ0v) is 14.6. The summed E-state index contributed by atoms with van der Waals surface area (Å²) in [6.07, 6.45) is 0.510. The summed E-state index contributed by atoms with van der Waals surface area (Å²) < 4.78 is 0. The Morgan fingerprint density at radius 1 is 0.962 bits per heavy atom. The molecule has 1 aliphatic rings. The molecule has 1 heterocycles. The van der Waals surface area contributed by atoms with Crippen molar-refractivity contribution in [2.75, 3.05) is 20.1 Å². The number of nitrogens with one attached hydrogen (secondary N) is 1. The molecular weight excluding hydrogens is 330 g/mol. The molecule has 0 aromatic heterocycles. The molecule has 0 unspecified atom stereocenters. The Morgan fingerprint density at radius 2 is 1.54 bits per heavy atom. The smallest absolute Gasteiger partial charge is 0.317 e. The average Bonchev–Trinajstić information content (AvgIpc) is 2.90. The third kappa shape index (κ3) is 3.74. The molecule has 4 amide bonds. The van der Waals surface area contributed by atoms with E-state index in [-0.39, 0.29) is 24.4 Å². The van der Waals surface area contributed by atoms with Gasteiger partial charge in [-0.15, -0.1) is 0 Å². The lowest BCUT2D eigenvalue weighted by molar-refractivity contribution is 0.0653. The van der Waals surface area contributed by atoms with E-state index in [0.717, 1.165) is 5.56 Å². The van der Waals surface area contributed by atoms with Crippen LogP contribution in [0.2, 0.25) is 0 Å². The first-order valence-corrected chi connectivity index (χ1v) is 8.56. The molecule has 3 rings (SSSR count). The van der Waals surface area contributed by atoms with Crippen LogP contribution in [0.15, 0.2) is 54.6 Å². The summed E-state index contributed by atoms with van der Waals surface area (Å²) in [4.78, 5) is 39.5. The quantitative estimate of drug-likeness (QED) is 0.642. The summed E-state index contributed by atoms with van der Waals surface area (Å²) in [5.74, 6) is -0.531. The van der Waals surface area contributed by atoms with Gasteiger partial charge < -0.3 is 10.2 Å². The number of rotatable bonds is 6. The molecule has 6 nitrogen and oxygen atoms in total. The summed E-state index contributed by atoms with van der Waals surface area (Å²) in [5.41, 5.74) is 1.95. The van der Waals surface area contributed by atoms with Crippen LogP contribution in [0.5, 0.6) is 0 Å². The Morgan fingerprint density at radius 3 is 2.15 bits per heavy atom. The molecule has 1 aliphatic heterocycles. The first-order valence-electron chi connectivity index (χ1n) is 8.56. The van der Waals surface area contributed by atoms with Gasteiger partial charge in [-0.3, -0.25) is 14.5 Å². The van der Waals surface area contributed by atoms with Gasteiger partial charge in [0.15, 0.2) is 0 Å². The molecule has 26 heavy (non-hydrogen) atoms. The first kappa shape index (κ1) is 17.7. The third-order valence-corrected chi connectivity index (χ3v) is 4.32. The van der Waals surface area contributed by atoms with Crippen LogP contribution in [0.25, 0.3) is 0 Å². The van der Waals surface area contributed by atoms with Crippen molar-refractivity contribution in [3.05, 3.63) is 71.3 Å². The van der Waals surface area contributed by atoms with Gasteiger partial charge in [0, 0.05) is 26.7 Å². The lowest BCUT2D eigenvalue weighted by Crippen LogP contribution is -2.39. The van der Waals surface area contributed by atoms with Crippen molar-refractivity contribution in [2.24, 2.45) is 0 Å². The Kier molecular flexibility index (Phi) is 5.31. The number of carbonyl (C=O) groups is 3. The largest absolute Gasteiger partial charge is 0.338 e. The number of hydrogen-bond donors (Lipinski definition) is 1. The molecule has 0 saturated heterocycles. The molecule has 0 saturated carbocycles. The van der Waals surface area contributed by atoms with Crippen molar-refractivity contribution in [3.63, 3.8) is 0 Å². The Labute approximate surface area is 152 Å². The number of fused-ring (bicyclic) bond motifs is 1. The Bertz CT molecular complexity index is 785. The molecule has 2 aromatic carbocycles. The van der Waals surface area contributed by atoms with Gasteiger partial charge in [0.1, 0.15) is 0 Å². The zero-order chi connectivity index (χ0) is 18.5. The molecule has 2 aromatic rings. The van der Waals surface area contributed by atoms with Crippen molar-refractivity contribution < 1.29 is 14.4 Å². The minimum absolute atomic E-state index is 0.184. The summed E-state index contributed by atoms with van der Waals surface area (Å²) in [5, 5.41) is 2.82. The van der Waals surface area contributed by atoms with Gasteiger partial charge in [-0.2, -0.15) is 0 Å². The van der Waals surface area contributed by atoms with Crippen molar-refractivity contribution in [1.82, 2.24) is 15.1 Å². The van der Waals surface area contributed by atoms with E-state index in [4.69, 9.17) is 0 Å². The fourth-order valence-corrected chi connectivity index (χ4v) is 2.94. The predicted octanol–water partition coefficient (Wildman–Crippen LogP) is 2.51. The summed E-state index contributed by atoms with van der Waals surface area (Å²) in [6.45, 7) is 1.20. The summed E-state index contributed by atoms with van der Waals surface area (Å²) >= 11 is 0. The molecule has 0 atom stereocenters. The van der Waals surface area contributed by atoms with Crippen molar-refractivity contribution in [3.8, 4) is 0 Å². The van der Waals surface area contributed by atoms with Crippen LogP contribution in [-0.4, -0.2) is 47.8 Å². The molecule has 0 spiro atoms. The molecule has 1 N–H and O–H groups in total. The van der Waals surface area contributed by atoms with Gasteiger partial charge in [0.2, 0.25) is 0 Å². The molecule has 0 radical (unpaired) electrons. The number of nitrogens with zero attached hydrogens (tertiary/aromatic N) is 2. The van der Waals surface area contributed by atoms with E-state index in [0.29, 0.717) is 30.6 Å². The fourth-order valence-electron chi connectivity index (χ4n) is 2.94. The zero-order valence-electron chi connectivity index (χ0n) is 14.6. The van der Waals surface area contributed by atoms with Gasteiger partial charge in [0.05, 0.1) is 11.1 Å². The molecule has 134 valence electrons. The van der Waals surface area contributed by atoms with Crippen LogP contribution < -0.4 is 5.32 Å². The van der Waals surface area contributed by atoms with Crippen molar-refractivity contribution in [1.29, 1.82) is 0 Å². The number of benzene rings is 2. The van der Waals surface area contributed by atoms with Gasteiger partial charge in [-0.1, -0.05) is 42.5 Å². The third-order valence-electron chi connectivity index (χ3n) is 4.32. The maximum atomic E-state index is 12.3. The van der Waals surface area contributed by atoms with Crippen LogP contribution in [0.1, 0.15) is 32.7 Å². The van der Waals surface area contributed by atoms with Gasteiger partial charge in [0.25, 0.3) is 11.8 Å². The minimum Gasteiger partial charge on any atom is -0.338 e. The molecule has 0 bridgehead atoms. The molecule has 0 fully saturated rings. The van der Waals surface area contributed by atoms with E-state index in [1.807, 2.05) is 30.3 Å². The maximum absolute atomic E-state index is 12.3. The Hall–Kier alpha value is -3.15. The van der Waals surface area contributed by atoms with Crippen LogP contribution >= 0.6 is 0 Å². The predicted molar refractivity (Wildman–Crippen MR) is 97.7 cm³/mol. The van der Waals surface area contributed by atoms with E-state index >= 15 is 0 Å². The lowest BCUT2D eigenvalue weighted by atomic mass is 10.1. The number of hydrogen-bond acceptors (Lipinski definition) is 3. The second-order valence-electron chi connectivity index (χ2n) is 6.23. The SMILES string of the molecule is CN(Cc1ccccc1)C(=O)NCCCN1C(=O)c2ccccc2C1=O. The van der Waals surface area contributed by atoms with E-state index in [1.165, 1.54) is 4.90 Å². The number of carbonyl (C=O) groups excluding carboxylic acids is 3. The lowest BCUT2D eigenvalue weighted by Gasteiger charge is -2.19. The highest BCUT2D eigenvalue weighted by molar-refractivity contribution is 6.21. The van der Waals surface area contributed by atoms with Gasteiger partial charge in [-0.05, 0) is 24.1 Å². The number of imide groups is 1. The molecule has 0 aliphatic carbocycles. The first-order chi connectivity index (χ1) is 12.6. The van der Waals surface area contributed by atoms with Crippen LogP contribution in [0.3, 0.4) is 0 Å². The molecular formula is C20H21N3O3. The number of urea groups is 1. The highest BCUT2D eigenvalue weighted by atomic mass is 16.2. The standard InChI is InChI=1S/C20H21N3O3/c1-22(14-15-8-3-2-4-9-15)20(26)21-12-7-13-23-18(24)16-10-5-6-11-17(16)19(23)25/h2-6,8-11H,7,12-14H2,1H3,(H,21,26). The number of amides is 4. The summed E-state index contributed by atoms with van der Waals surface area (Å²) in [6, 6.07) is 16.4. The van der Waals surface area contributed by atoms with E-state index in [1.54, 1.807) is 36.2 Å². The minimum atomic E-state index is -0.266. The highest BCUT2D eigenvalue weighted by Gasteiger charge is 2.34. The monoisotopic (exact) mass is 351 g/mol. The molecule has 6 heteroatoms. The Balaban J connectivity index is 1.44. The highest BCUT2D eigenvalue weighted by Crippen LogP contribution is 2.22. The van der Waals surface area contributed by atoms with E-state index in [9.17, 15) is 14.4 Å². The average molecular weight is 351 g/mol. The second kappa shape index (κ2) is 7.82. The van der Waals surface area contributed by atoms with E-state index in [2.05, 4.69) is 5.32 Å². The normalized spacial score (nSPS) is 12.9. The summed E-state index contributed by atoms with van der Waals surface area (Å²) in [7, 11) is 1.73. The van der Waals surface area contributed by atoms with Crippen LogP contribution in [0.4, 0.5) is 4.79 Å². The maximum Gasteiger partial charge on any atom is 0.317 e. The second-order valence-corrected chi connectivity index (χ2v) is 6.23. The van der Waals surface area contributed by atoms with Gasteiger partial charge >= 0.3 is 6.03 Å².